The van der Waals surface area contributed by atoms with Crippen molar-refractivity contribution in [2.75, 3.05) is 7.11 Å². The van der Waals surface area contributed by atoms with Gasteiger partial charge in [0.05, 0.1) is 12.7 Å². The number of cyclic esters (lactones) is 1. The van der Waals surface area contributed by atoms with E-state index in [-0.39, 0.29) is 17.3 Å². The highest BCUT2D eigenvalue weighted by molar-refractivity contribution is 9.10. The Balaban J connectivity index is 1.59. The minimum Gasteiger partial charge on any atom is -0.493 e. The molecule has 0 saturated heterocycles. The molecule has 0 spiro atoms. The fourth-order valence-electron chi connectivity index (χ4n) is 3.13. The van der Waals surface area contributed by atoms with Crippen molar-refractivity contribution in [1.29, 1.82) is 0 Å². The maximum Gasteiger partial charge on any atom is 0.363 e. The molecular formula is C25H18BrNO5. The monoisotopic (exact) mass is 491 g/mol. The van der Waals surface area contributed by atoms with Gasteiger partial charge in [-0.1, -0.05) is 46.3 Å². The molecule has 1 aliphatic rings. The lowest BCUT2D eigenvalue weighted by Gasteiger charge is -2.11. The molecule has 0 fully saturated rings. The van der Waals surface area contributed by atoms with Gasteiger partial charge in [0.15, 0.2) is 17.2 Å². The second-order valence-electron chi connectivity index (χ2n) is 6.96. The van der Waals surface area contributed by atoms with Crippen LogP contribution in [0, 0.1) is 6.92 Å². The first-order valence-electron chi connectivity index (χ1n) is 9.69. The van der Waals surface area contributed by atoms with Gasteiger partial charge < -0.3 is 14.2 Å². The lowest BCUT2D eigenvalue weighted by molar-refractivity contribution is -0.129. The van der Waals surface area contributed by atoms with Crippen LogP contribution in [0.2, 0.25) is 0 Å². The van der Waals surface area contributed by atoms with E-state index in [4.69, 9.17) is 14.2 Å². The van der Waals surface area contributed by atoms with Crippen LogP contribution >= 0.6 is 15.9 Å². The number of carbonyl (C=O) groups excluding carboxylic acids is 2. The van der Waals surface area contributed by atoms with Crippen LogP contribution in [0.15, 0.2) is 81.9 Å². The normalized spacial score (nSPS) is 14.2. The molecule has 1 heterocycles. The molecule has 0 bridgehead atoms. The SMILES string of the molecule is COc1cc(/C=C2/N=C(c3cccc(Br)c3)OC2=O)ccc1OC(=O)c1ccccc1C. The van der Waals surface area contributed by atoms with Gasteiger partial charge in [-0.2, -0.15) is 0 Å². The summed E-state index contributed by atoms with van der Waals surface area (Å²) in [5, 5.41) is 0. The van der Waals surface area contributed by atoms with Gasteiger partial charge in [0.25, 0.3) is 0 Å². The largest absolute Gasteiger partial charge is 0.493 e. The predicted octanol–water partition coefficient (Wildman–Crippen LogP) is 5.33. The van der Waals surface area contributed by atoms with E-state index in [1.807, 2.05) is 37.3 Å². The van der Waals surface area contributed by atoms with Crippen molar-refractivity contribution in [3.8, 4) is 11.5 Å². The van der Waals surface area contributed by atoms with Gasteiger partial charge in [-0.05, 0) is 60.5 Å². The van der Waals surface area contributed by atoms with Crippen LogP contribution in [0.1, 0.15) is 27.0 Å². The van der Waals surface area contributed by atoms with E-state index >= 15 is 0 Å². The van der Waals surface area contributed by atoms with E-state index in [1.165, 1.54) is 7.11 Å². The first-order valence-corrected chi connectivity index (χ1v) is 10.5. The Morgan fingerprint density at radius 3 is 2.59 bits per heavy atom. The van der Waals surface area contributed by atoms with Gasteiger partial charge >= 0.3 is 11.9 Å². The number of ether oxygens (including phenoxy) is 3. The van der Waals surface area contributed by atoms with Gasteiger partial charge in [0.2, 0.25) is 5.90 Å². The number of aryl methyl sites for hydroxylation is 1. The van der Waals surface area contributed by atoms with Gasteiger partial charge in [0.1, 0.15) is 0 Å². The van der Waals surface area contributed by atoms with Gasteiger partial charge in [-0.3, -0.25) is 0 Å². The fraction of sp³-hybridized carbons (Fsp3) is 0.0800. The topological polar surface area (TPSA) is 74.2 Å². The molecule has 160 valence electrons. The quantitative estimate of drug-likeness (QED) is 0.274. The van der Waals surface area contributed by atoms with Crippen molar-refractivity contribution >= 4 is 39.8 Å². The maximum absolute atomic E-state index is 12.5. The summed E-state index contributed by atoms with van der Waals surface area (Å²) in [7, 11) is 1.48. The third-order valence-corrected chi connectivity index (χ3v) is 5.24. The van der Waals surface area contributed by atoms with Crippen LogP contribution in [0.25, 0.3) is 6.08 Å². The summed E-state index contributed by atoms with van der Waals surface area (Å²) in [6.07, 6.45) is 1.59. The number of carbonyl (C=O) groups is 2. The average Bonchev–Trinajstić information content (AvgIpc) is 3.15. The molecule has 3 aromatic carbocycles. The van der Waals surface area contributed by atoms with Crippen molar-refractivity contribution in [2.24, 2.45) is 4.99 Å². The van der Waals surface area contributed by atoms with Crippen LogP contribution in [-0.2, 0) is 9.53 Å². The van der Waals surface area contributed by atoms with Crippen LogP contribution in [0.5, 0.6) is 11.5 Å². The smallest absolute Gasteiger partial charge is 0.363 e. The van der Waals surface area contributed by atoms with E-state index in [2.05, 4.69) is 20.9 Å². The zero-order chi connectivity index (χ0) is 22.7. The number of hydrogen-bond donors (Lipinski definition) is 0. The fourth-order valence-corrected chi connectivity index (χ4v) is 3.53. The number of halogens is 1. The Hall–Kier alpha value is -3.71. The minimum absolute atomic E-state index is 0.159. The number of aliphatic imine (C=N–C) groups is 1. The van der Waals surface area contributed by atoms with Gasteiger partial charge in [0, 0.05) is 10.0 Å². The lowest BCUT2D eigenvalue weighted by atomic mass is 10.1. The Morgan fingerprint density at radius 2 is 1.84 bits per heavy atom. The summed E-state index contributed by atoms with van der Waals surface area (Å²) in [6.45, 7) is 1.84. The van der Waals surface area contributed by atoms with E-state index in [0.717, 1.165) is 10.0 Å². The molecule has 7 heteroatoms. The molecule has 0 radical (unpaired) electrons. The van der Waals surface area contributed by atoms with Crippen molar-refractivity contribution in [2.45, 2.75) is 6.92 Å². The first-order chi connectivity index (χ1) is 15.4. The Kier molecular flexibility index (Phi) is 6.18. The molecule has 3 aromatic rings. The number of methoxy groups -OCH3 is 1. The Bertz CT molecular complexity index is 1280. The predicted molar refractivity (Wildman–Crippen MR) is 124 cm³/mol. The summed E-state index contributed by atoms with van der Waals surface area (Å²) in [5.41, 5.74) is 2.78. The second-order valence-corrected chi connectivity index (χ2v) is 7.88. The highest BCUT2D eigenvalue weighted by atomic mass is 79.9. The van der Waals surface area contributed by atoms with Crippen molar-refractivity contribution < 1.29 is 23.8 Å². The van der Waals surface area contributed by atoms with E-state index < -0.39 is 11.9 Å². The Labute approximate surface area is 193 Å². The zero-order valence-corrected chi connectivity index (χ0v) is 18.9. The summed E-state index contributed by atoms with van der Waals surface area (Å²) in [4.78, 5) is 29.1. The van der Waals surface area contributed by atoms with E-state index in [1.54, 1.807) is 42.5 Å². The summed E-state index contributed by atoms with van der Waals surface area (Å²) in [5.74, 6) is -0.165. The van der Waals surface area contributed by atoms with E-state index in [9.17, 15) is 9.59 Å². The second kappa shape index (κ2) is 9.20. The molecule has 32 heavy (non-hydrogen) atoms. The molecule has 4 rings (SSSR count). The molecule has 0 atom stereocenters. The Morgan fingerprint density at radius 1 is 1.03 bits per heavy atom. The number of esters is 2. The average molecular weight is 492 g/mol. The van der Waals surface area contributed by atoms with Crippen molar-refractivity contribution in [3.63, 3.8) is 0 Å². The van der Waals surface area contributed by atoms with Crippen LogP contribution in [0.3, 0.4) is 0 Å². The molecule has 6 nitrogen and oxygen atoms in total. The number of nitrogens with zero attached hydrogens (tertiary/aromatic N) is 1. The summed E-state index contributed by atoms with van der Waals surface area (Å²) < 4.78 is 17.1. The standard InChI is InChI=1S/C25H18BrNO5/c1-15-6-3-4-9-19(15)24(28)31-21-11-10-16(13-22(21)30-2)12-20-25(29)32-23(27-20)17-7-5-8-18(26)14-17/h3-14H,1-2H3/b20-12+. The van der Waals surface area contributed by atoms with Crippen LogP contribution < -0.4 is 9.47 Å². The van der Waals surface area contributed by atoms with Gasteiger partial charge in [-0.25, -0.2) is 14.6 Å². The molecule has 0 N–H and O–H groups in total. The lowest BCUT2D eigenvalue weighted by Crippen LogP contribution is -2.10. The molecular weight excluding hydrogens is 474 g/mol. The molecule has 0 aliphatic carbocycles. The van der Waals surface area contributed by atoms with Gasteiger partial charge in [-0.15, -0.1) is 0 Å². The highest BCUT2D eigenvalue weighted by Gasteiger charge is 2.24. The number of hydrogen-bond acceptors (Lipinski definition) is 6. The number of benzene rings is 3. The summed E-state index contributed by atoms with van der Waals surface area (Å²) >= 11 is 3.39. The molecule has 0 amide bonds. The third kappa shape index (κ3) is 4.63. The highest BCUT2D eigenvalue weighted by Crippen LogP contribution is 2.31. The molecule has 0 saturated carbocycles. The maximum atomic E-state index is 12.5. The minimum atomic E-state index is -0.547. The first kappa shape index (κ1) is 21.5. The van der Waals surface area contributed by atoms with E-state index in [0.29, 0.717) is 22.4 Å². The van der Waals surface area contributed by atoms with Crippen molar-refractivity contribution in [1.82, 2.24) is 0 Å². The molecule has 0 aromatic heterocycles. The zero-order valence-electron chi connectivity index (χ0n) is 17.3. The number of rotatable bonds is 5. The van der Waals surface area contributed by atoms with Crippen LogP contribution in [0.4, 0.5) is 0 Å². The summed E-state index contributed by atoms with van der Waals surface area (Å²) in [6, 6.07) is 19.5. The molecule has 1 aliphatic heterocycles. The molecule has 0 unspecified atom stereocenters. The van der Waals surface area contributed by atoms with Crippen molar-refractivity contribution in [3.05, 3.63) is 99.2 Å². The third-order valence-electron chi connectivity index (χ3n) is 4.75. The van der Waals surface area contributed by atoms with Crippen LogP contribution in [-0.4, -0.2) is 24.9 Å².